The summed E-state index contributed by atoms with van der Waals surface area (Å²) in [7, 11) is 1.43. The van der Waals surface area contributed by atoms with Crippen LogP contribution in [0.25, 0.3) is 10.9 Å². The minimum absolute atomic E-state index is 0.0248. The Morgan fingerprint density at radius 3 is 2.45 bits per heavy atom. The molecule has 5 nitrogen and oxygen atoms in total. The van der Waals surface area contributed by atoms with Crippen molar-refractivity contribution in [2.45, 2.75) is 132 Å². The van der Waals surface area contributed by atoms with Gasteiger partial charge in [0.05, 0.1) is 12.5 Å². The summed E-state index contributed by atoms with van der Waals surface area (Å²) in [5.74, 6) is 2.34. The average Bonchev–Trinajstić information content (AvgIpc) is 3.39. The lowest BCUT2D eigenvalue weighted by Gasteiger charge is -2.71. The zero-order chi connectivity index (χ0) is 35.5. The van der Waals surface area contributed by atoms with E-state index in [-0.39, 0.29) is 45.4 Å². The van der Waals surface area contributed by atoms with Crippen molar-refractivity contribution in [2.24, 2.45) is 57.2 Å². The highest BCUT2D eigenvalue weighted by Crippen LogP contribution is 2.75. The molecule has 1 amide bonds. The third-order valence-electron chi connectivity index (χ3n) is 16.1. The maximum Gasteiger partial charge on any atom is 0.328 e. The zero-order valence-corrected chi connectivity index (χ0v) is 33.4. The summed E-state index contributed by atoms with van der Waals surface area (Å²) in [6.07, 6.45) is 11.8. The molecule has 5 aliphatic carbocycles. The molecule has 1 aromatic carbocycles. The average molecular weight is 734 g/mol. The number of allylic oxidation sites excluding steroid dienone is 2. The summed E-state index contributed by atoms with van der Waals surface area (Å²) < 4.78 is 6.34. The summed E-state index contributed by atoms with van der Waals surface area (Å²) in [4.78, 5) is 31.6. The van der Waals surface area contributed by atoms with E-state index in [0.717, 1.165) is 43.0 Å². The van der Waals surface area contributed by atoms with Crippen LogP contribution in [0, 0.1) is 57.2 Å². The number of carbonyl (C=O) groups excluding carboxylic acids is 2. The molecule has 3 fully saturated rings. The van der Waals surface area contributed by atoms with Crippen molar-refractivity contribution >= 4 is 38.7 Å². The summed E-state index contributed by atoms with van der Waals surface area (Å²) in [6, 6.07) is 6.13. The number of carbonyl (C=O) groups is 2. The molecule has 1 aromatic heterocycles. The molecule has 268 valence electrons. The Morgan fingerprint density at radius 1 is 1.02 bits per heavy atom. The molecular formula is C43H61BrN2O3. The second kappa shape index (κ2) is 11.7. The lowest BCUT2D eigenvalue weighted by atomic mass is 9.33. The Balaban J connectivity index is 1.30. The number of esters is 1. The number of H-pyrrole nitrogens is 1. The van der Waals surface area contributed by atoms with E-state index < -0.39 is 11.5 Å². The lowest BCUT2D eigenvalue weighted by molar-refractivity contribution is -0.170. The highest BCUT2D eigenvalue weighted by atomic mass is 79.9. The minimum atomic E-state index is -0.599. The molecule has 0 saturated heterocycles. The van der Waals surface area contributed by atoms with Crippen LogP contribution < -0.4 is 5.32 Å². The largest absolute Gasteiger partial charge is 0.467 e. The van der Waals surface area contributed by atoms with Crippen LogP contribution in [-0.4, -0.2) is 30.0 Å². The van der Waals surface area contributed by atoms with Crippen LogP contribution in [0.5, 0.6) is 0 Å². The molecule has 0 bridgehead atoms. The van der Waals surface area contributed by atoms with Gasteiger partial charge in [-0.2, -0.15) is 0 Å². The first-order valence-corrected chi connectivity index (χ1v) is 20.1. The van der Waals surface area contributed by atoms with E-state index in [2.05, 4.69) is 113 Å². The van der Waals surface area contributed by atoms with Crippen LogP contribution >= 0.6 is 15.9 Å². The van der Waals surface area contributed by atoms with Crippen molar-refractivity contribution in [2.75, 3.05) is 7.11 Å². The van der Waals surface area contributed by atoms with E-state index in [9.17, 15) is 9.59 Å². The van der Waals surface area contributed by atoms with Gasteiger partial charge >= 0.3 is 5.97 Å². The number of aromatic amines is 1. The van der Waals surface area contributed by atoms with Gasteiger partial charge in [0, 0.05) is 26.5 Å². The number of amides is 1. The second-order valence-corrected chi connectivity index (χ2v) is 20.0. The quantitative estimate of drug-likeness (QED) is 0.237. The fourth-order valence-corrected chi connectivity index (χ4v) is 13.7. The molecule has 1 unspecified atom stereocenters. The Kier molecular flexibility index (Phi) is 8.45. The smallest absolute Gasteiger partial charge is 0.328 e. The SMILES string of the molecule is COC(=O)C(CC(C)C)NC(=O)[C@]12CC[C@@H](C)[C@H](C)[C@H]1C1=CC[C@@H]3[C@@]4(C)Cc5c([nH]c6ccc(Br)cc56)C(C)(C)[C@@H]4CC[C@@]3(C)[C@]1(C)CC2. The van der Waals surface area contributed by atoms with E-state index in [1.54, 1.807) is 5.57 Å². The fourth-order valence-electron chi connectivity index (χ4n) is 13.3. The second-order valence-electron chi connectivity index (χ2n) is 19.0. The van der Waals surface area contributed by atoms with Gasteiger partial charge in [0.25, 0.3) is 0 Å². The summed E-state index contributed by atoms with van der Waals surface area (Å²) in [5, 5.41) is 4.68. The first-order valence-electron chi connectivity index (χ1n) is 19.3. The van der Waals surface area contributed by atoms with Gasteiger partial charge in [-0.3, -0.25) is 4.79 Å². The molecule has 0 spiro atoms. The summed E-state index contributed by atoms with van der Waals surface area (Å²) in [6.45, 7) is 21.9. The molecule has 49 heavy (non-hydrogen) atoms. The molecule has 5 aliphatic rings. The monoisotopic (exact) mass is 732 g/mol. The Morgan fingerprint density at radius 2 is 1.76 bits per heavy atom. The predicted octanol–water partition coefficient (Wildman–Crippen LogP) is 10.3. The molecule has 10 atom stereocenters. The number of ether oxygens (including phenoxy) is 1. The van der Waals surface area contributed by atoms with Gasteiger partial charge < -0.3 is 15.0 Å². The molecular weight excluding hydrogens is 672 g/mol. The number of nitrogens with one attached hydrogen (secondary N) is 2. The first kappa shape index (κ1) is 35.3. The van der Waals surface area contributed by atoms with Gasteiger partial charge in [0.2, 0.25) is 5.91 Å². The van der Waals surface area contributed by atoms with Crippen LogP contribution in [0.3, 0.4) is 0 Å². The van der Waals surface area contributed by atoms with Crippen molar-refractivity contribution in [3.63, 3.8) is 0 Å². The third-order valence-corrected chi connectivity index (χ3v) is 16.6. The number of halogens is 1. The van der Waals surface area contributed by atoms with Crippen molar-refractivity contribution in [1.82, 2.24) is 10.3 Å². The minimum Gasteiger partial charge on any atom is -0.467 e. The van der Waals surface area contributed by atoms with Crippen LogP contribution in [-0.2, 0) is 26.2 Å². The van der Waals surface area contributed by atoms with Gasteiger partial charge in [0.1, 0.15) is 6.04 Å². The third kappa shape index (κ3) is 4.87. The number of rotatable bonds is 5. The molecule has 7 rings (SSSR count). The number of benzene rings is 1. The standard InChI is InChI=1S/C43H61BrN2O3/c1-24(2)21-32(37(47)49-10)46-38(48)43-18-15-25(3)26(4)35(43)30-12-14-34-40(7)23-29-28-22-27(44)11-13-31(28)45-36(29)39(5,6)33(40)16-17-42(34,9)41(30,8)19-20-43/h11-13,22,24-26,32-35,45H,14-21,23H2,1-10H3,(H,46,48)/t25-,26+,32?,33+,34-,35+,40+,41-,42-,43+/m1/s1. The van der Waals surface area contributed by atoms with Crippen molar-refractivity contribution in [3.05, 3.63) is 45.6 Å². The Labute approximate surface area is 303 Å². The molecule has 6 heteroatoms. The van der Waals surface area contributed by atoms with Gasteiger partial charge in [-0.15, -0.1) is 0 Å². The maximum atomic E-state index is 14.7. The molecule has 0 radical (unpaired) electrons. The topological polar surface area (TPSA) is 71.2 Å². The predicted molar refractivity (Wildman–Crippen MR) is 202 cm³/mol. The number of methoxy groups -OCH3 is 1. The van der Waals surface area contributed by atoms with E-state index in [0.29, 0.717) is 30.1 Å². The lowest BCUT2D eigenvalue weighted by Crippen LogP contribution is -2.66. The Hall–Kier alpha value is -2.08. The number of hydrogen-bond acceptors (Lipinski definition) is 3. The van der Waals surface area contributed by atoms with E-state index >= 15 is 0 Å². The van der Waals surface area contributed by atoms with E-state index in [4.69, 9.17) is 4.74 Å². The van der Waals surface area contributed by atoms with Crippen LogP contribution in [0.2, 0.25) is 0 Å². The normalized spacial score (nSPS) is 39.8. The van der Waals surface area contributed by atoms with Gasteiger partial charge in [0.15, 0.2) is 0 Å². The van der Waals surface area contributed by atoms with Crippen molar-refractivity contribution < 1.29 is 14.3 Å². The number of fused-ring (bicyclic) bond motifs is 10. The van der Waals surface area contributed by atoms with Gasteiger partial charge in [-0.05, 0) is 133 Å². The summed E-state index contributed by atoms with van der Waals surface area (Å²) >= 11 is 3.78. The maximum absolute atomic E-state index is 14.7. The van der Waals surface area contributed by atoms with Crippen LogP contribution in [0.15, 0.2) is 34.3 Å². The van der Waals surface area contributed by atoms with E-state index in [1.807, 2.05) is 0 Å². The first-order chi connectivity index (χ1) is 22.9. The zero-order valence-electron chi connectivity index (χ0n) is 31.8. The molecule has 3 saturated carbocycles. The number of aromatic nitrogens is 1. The van der Waals surface area contributed by atoms with Crippen LogP contribution in [0.4, 0.5) is 0 Å². The van der Waals surface area contributed by atoms with E-state index in [1.165, 1.54) is 42.1 Å². The van der Waals surface area contributed by atoms with Gasteiger partial charge in [-0.1, -0.05) is 89.9 Å². The molecule has 2 N–H and O–H groups in total. The highest BCUT2D eigenvalue weighted by molar-refractivity contribution is 9.10. The molecule has 2 aromatic rings. The molecule has 0 aliphatic heterocycles. The fraction of sp³-hybridized carbons (Fsp3) is 0.721. The van der Waals surface area contributed by atoms with Crippen LogP contribution in [0.1, 0.15) is 125 Å². The van der Waals surface area contributed by atoms with Crippen molar-refractivity contribution in [3.8, 4) is 0 Å². The number of hydrogen-bond donors (Lipinski definition) is 2. The van der Waals surface area contributed by atoms with Gasteiger partial charge in [-0.25, -0.2) is 4.79 Å². The van der Waals surface area contributed by atoms with Crippen molar-refractivity contribution in [1.29, 1.82) is 0 Å². The highest BCUT2D eigenvalue weighted by Gasteiger charge is 2.69. The summed E-state index contributed by atoms with van der Waals surface area (Å²) in [5.41, 5.74) is 5.70. The molecule has 1 heterocycles. The Bertz CT molecular complexity index is 1710.